The molecule has 0 amide bonds. The minimum Gasteiger partial charge on any atom is -0.357 e. The third-order valence-corrected chi connectivity index (χ3v) is 3.98. The summed E-state index contributed by atoms with van der Waals surface area (Å²) in [7, 11) is 1.45. The van der Waals surface area contributed by atoms with Crippen LogP contribution in [0.5, 0.6) is 0 Å². The van der Waals surface area contributed by atoms with Gasteiger partial charge in [0.05, 0.1) is 13.1 Å². The Balaban J connectivity index is 0. The van der Waals surface area contributed by atoms with Crippen molar-refractivity contribution in [1.29, 1.82) is 0 Å². The maximum Gasteiger partial charge on any atom is 0.401 e. The molecule has 0 fully saturated rings. The summed E-state index contributed by atoms with van der Waals surface area (Å²) in [5, 5.41) is 6.14. The van der Waals surface area contributed by atoms with Gasteiger partial charge >= 0.3 is 6.18 Å². The van der Waals surface area contributed by atoms with Gasteiger partial charge in [-0.3, -0.25) is 9.89 Å². The van der Waals surface area contributed by atoms with Gasteiger partial charge < -0.3 is 10.6 Å². The van der Waals surface area contributed by atoms with E-state index >= 15 is 0 Å². The maximum atomic E-state index is 12.2. The van der Waals surface area contributed by atoms with E-state index < -0.39 is 12.7 Å². The molecule has 0 saturated carbocycles. The molecule has 0 aliphatic carbocycles. The summed E-state index contributed by atoms with van der Waals surface area (Å²) >= 11 is 1.73. The Labute approximate surface area is 153 Å². The van der Waals surface area contributed by atoms with Crippen LogP contribution in [-0.4, -0.2) is 67.8 Å². The lowest BCUT2D eigenvalue weighted by atomic mass is 10.2. The molecule has 2 N–H and O–H groups in total. The van der Waals surface area contributed by atoms with Gasteiger partial charge in [-0.25, -0.2) is 0 Å². The highest BCUT2D eigenvalue weighted by Gasteiger charge is 2.28. The van der Waals surface area contributed by atoms with Crippen molar-refractivity contribution in [2.75, 3.05) is 46.0 Å². The Morgan fingerprint density at radius 3 is 2.27 bits per heavy atom. The molecule has 0 unspecified atom stereocenters. The van der Waals surface area contributed by atoms with E-state index in [0.717, 1.165) is 0 Å². The van der Waals surface area contributed by atoms with Crippen LogP contribution in [0, 0.1) is 0 Å². The van der Waals surface area contributed by atoms with Crippen LogP contribution in [0.1, 0.15) is 20.8 Å². The van der Waals surface area contributed by atoms with Gasteiger partial charge in [-0.2, -0.15) is 24.9 Å². The summed E-state index contributed by atoms with van der Waals surface area (Å²) in [5.41, 5.74) is 0. The number of hydrogen-bond donors (Lipinski definition) is 2. The van der Waals surface area contributed by atoms with Crippen LogP contribution in [-0.2, 0) is 0 Å². The van der Waals surface area contributed by atoms with Crippen LogP contribution >= 0.6 is 35.7 Å². The van der Waals surface area contributed by atoms with Crippen molar-refractivity contribution in [3.8, 4) is 0 Å². The van der Waals surface area contributed by atoms with Crippen molar-refractivity contribution in [3.05, 3.63) is 0 Å². The average molecular weight is 456 g/mol. The number of rotatable bonds is 8. The Bertz CT molecular complexity index is 325. The molecule has 0 aliphatic heterocycles. The molecule has 0 atom stereocenters. The summed E-state index contributed by atoms with van der Waals surface area (Å²) in [6, 6.07) is 0. The quantitative estimate of drug-likeness (QED) is 0.335. The van der Waals surface area contributed by atoms with E-state index in [-0.39, 0.29) is 28.7 Å². The molecule has 134 valence electrons. The number of nitrogens with zero attached hydrogens (tertiary/aromatic N) is 2. The van der Waals surface area contributed by atoms with Gasteiger partial charge in [0.15, 0.2) is 5.96 Å². The van der Waals surface area contributed by atoms with E-state index in [0.29, 0.717) is 32.1 Å². The number of thioether (sulfide) groups is 1. The fraction of sp³-hybridized carbons (Fsp3) is 0.923. The number of aliphatic imine (C=N–C) groups is 1. The first-order chi connectivity index (χ1) is 9.59. The zero-order chi connectivity index (χ0) is 16.5. The number of hydrogen-bond acceptors (Lipinski definition) is 3. The molecule has 0 heterocycles. The van der Waals surface area contributed by atoms with Crippen molar-refractivity contribution >= 4 is 41.7 Å². The summed E-state index contributed by atoms with van der Waals surface area (Å²) in [5.74, 6) is 0.639. The second kappa shape index (κ2) is 11.6. The Kier molecular flexibility index (Phi) is 12.8. The molecule has 0 rings (SSSR count). The van der Waals surface area contributed by atoms with Crippen LogP contribution in [0.4, 0.5) is 13.2 Å². The molecule has 0 saturated heterocycles. The van der Waals surface area contributed by atoms with E-state index in [1.54, 1.807) is 11.8 Å². The SMILES string of the molecule is CCNC(=NCC(C)(C)SC)NCCN(C)CC(F)(F)F.I. The Morgan fingerprint density at radius 1 is 1.23 bits per heavy atom. The lowest BCUT2D eigenvalue weighted by Crippen LogP contribution is -2.43. The molecule has 0 aliphatic rings. The first-order valence-electron chi connectivity index (χ1n) is 6.92. The van der Waals surface area contributed by atoms with Gasteiger partial charge in [-0.1, -0.05) is 0 Å². The fourth-order valence-corrected chi connectivity index (χ4v) is 1.62. The number of guanidine groups is 1. The molecule has 0 aromatic heterocycles. The van der Waals surface area contributed by atoms with Crippen LogP contribution in [0.3, 0.4) is 0 Å². The van der Waals surface area contributed by atoms with Gasteiger partial charge in [-0.05, 0) is 34.1 Å². The highest BCUT2D eigenvalue weighted by Crippen LogP contribution is 2.20. The average Bonchev–Trinajstić information content (AvgIpc) is 2.34. The van der Waals surface area contributed by atoms with Gasteiger partial charge in [0.1, 0.15) is 0 Å². The second-order valence-electron chi connectivity index (χ2n) is 5.44. The predicted molar refractivity (Wildman–Crippen MR) is 101 cm³/mol. The molecule has 0 spiro atoms. The Hall–Kier alpha value is 0.1000. The van der Waals surface area contributed by atoms with Crippen molar-refractivity contribution in [3.63, 3.8) is 0 Å². The molecule has 0 aromatic carbocycles. The monoisotopic (exact) mass is 456 g/mol. The van der Waals surface area contributed by atoms with E-state index in [1.165, 1.54) is 11.9 Å². The van der Waals surface area contributed by atoms with Gasteiger partial charge in [-0.15, -0.1) is 24.0 Å². The van der Waals surface area contributed by atoms with Crippen molar-refractivity contribution < 1.29 is 13.2 Å². The third kappa shape index (κ3) is 13.7. The highest BCUT2D eigenvalue weighted by atomic mass is 127. The fourth-order valence-electron chi connectivity index (χ4n) is 1.43. The summed E-state index contributed by atoms with van der Waals surface area (Å²) < 4.78 is 36.6. The number of alkyl halides is 3. The zero-order valence-electron chi connectivity index (χ0n) is 13.9. The van der Waals surface area contributed by atoms with Gasteiger partial charge in [0.25, 0.3) is 0 Å². The zero-order valence-corrected chi connectivity index (χ0v) is 17.0. The van der Waals surface area contributed by atoms with E-state index in [2.05, 4.69) is 29.5 Å². The van der Waals surface area contributed by atoms with E-state index in [1.807, 2.05) is 13.2 Å². The molecular formula is C13H28F3IN4S. The summed E-state index contributed by atoms with van der Waals surface area (Å²) in [6.45, 7) is 7.32. The molecule has 0 radical (unpaired) electrons. The summed E-state index contributed by atoms with van der Waals surface area (Å²) in [4.78, 5) is 5.70. The molecule has 9 heteroatoms. The molecule has 4 nitrogen and oxygen atoms in total. The minimum atomic E-state index is -4.16. The lowest BCUT2D eigenvalue weighted by Gasteiger charge is -2.21. The van der Waals surface area contributed by atoms with E-state index in [4.69, 9.17) is 0 Å². The molecule has 0 aromatic rings. The van der Waals surface area contributed by atoms with Crippen molar-refractivity contribution in [1.82, 2.24) is 15.5 Å². The molecule has 0 bridgehead atoms. The van der Waals surface area contributed by atoms with Gasteiger partial charge in [0, 0.05) is 24.4 Å². The second-order valence-corrected chi connectivity index (χ2v) is 6.95. The lowest BCUT2D eigenvalue weighted by molar-refractivity contribution is -0.142. The number of halogens is 4. The third-order valence-electron chi connectivity index (χ3n) is 2.75. The largest absolute Gasteiger partial charge is 0.401 e. The van der Waals surface area contributed by atoms with Crippen LogP contribution in [0.25, 0.3) is 0 Å². The first kappa shape index (κ1) is 24.4. The topological polar surface area (TPSA) is 39.7 Å². The van der Waals surface area contributed by atoms with Gasteiger partial charge in [0.2, 0.25) is 0 Å². The van der Waals surface area contributed by atoms with E-state index in [9.17, 15) is 13.2 Å². The van der Waals surface area contributed by atoms with Crippen LogP contribution in [0.2, 0.25) is 0 Å². The van der Waals surface area contributed by atoms with Crippen LogP contribution < -0.4 is 10.6 Å². The summed E-state index contributed by atoms with van der Waals surface area (Å²) in [6.07, 6.45) is -2.13. The normalized spacial score (nSPS) is 13.0. The first-order valence-corrected chi connectivity index (χ1v) is 8.14. The number of nitrogens with one attached hydrogen (secondary N) is 2. The smallest absolute Gasteiger partial charge is 0.357 e. The minimum absolute atomic E-state index is 0. The molecular weight excluding hydrogens is 428 g/mol. The standard InChI is InChI=1S/C13H27F3N4S.HI/c1-6-17-11(19-9-12(2,3)21-5)18-7-8-20(4)10-13(14,15)16;/h6-10H2,1-5H3,(H2,17,18,19);1H. The van der Waals surface area contributed by atoms with Crippen LogP contribution in [0.15, 0.2) is 4.99 Å². The number of likely N-dealkylation sites (N-methyl/N-ethyl adjacent to an activating group) is 1. The highest BCUT2D eigenvalue weighted by molar-refractivity contribution is 14.0. The maximum absolute atomic E-state index is 12.2. The molecule has 22 heavy (non-hydrogen) atoms. The predicted octanol–water partition coefficient (Wildman–Crippen LogP) is 2.80. The van der Waals surface area contributed by atoms with Crippen molar-refractivity contribution in [2.45, 2.75) is 31.7 Å². The van der Waals surface area contributed by atoms with Crippen molar-refractivity contribution in [2.24, 2.45) is 4.99 Å². The Morgan fingerprint density at radius 2 is 1.82 bits per heavy atom.